The van der Waals surface area contributed by atoms with Crippen molar-refractivity contribution in [1.29, 1.82) is 0 Å². The topological polar surface area (TPSA) is 17.1 Å². The van der Waals surface area contributed by atoms with Crippen LogP contribution in [0.5, 0.6) is 0 Å². The van der Waals surface area contributed by atoms with Crippen LogP contribution >= 0.6 is 15.9 Å². The summed E-state index contributed by atoms with van der Waals surface area (Å²) in [5.74, 6) is 0.198. The monoisotopic (exact) mass is 272 g/mol. The number of hydrogen-bond donors (Lipinski definition) is 0. The van der Waals surface area contributed by atoms with Gasteiger partial charge in [0.1, 0.15) is 0 Å². The number of ketones is 1. The van der Waals surface area contributed by atoms with Crippen molar-refractivity contribution >= 4 is 38.6 Å². The third-order valence-corrected chi connectivity index (χ3v) is 3.77. The average Bonchev–Trinajstić information content (AvgIpc) is 2.31. The highest BCUT2D eigenvalue weighted by Gasteiger charge is 2.17. The fraction of sp³-hybridized carbons (Fsp3) is 0.0714. The maximum absolute atomic E-state index is 11.8. The molecule has 0 saturated heterocycles. The number of carbonyl (C=O) groups excluding carboxylic acids is 1. The lowest BCUT2D eigenvalue weighted by Crippen LogP contribution is -2.05. The average molecular weight is 273 g/mol. The molecule has 0 aromatic heterocycles. The molecule has 1 nitrogen and oxygen atoms in total. The Balaban J connectivity index is 2.46. The second kappa shape index (κ2) is 3.56. The zero-order chi connectivity index (χ0) is 11.1. The highest BCUT2D eigenvalue weighted by atomic mass is 79.9. The van der Waals surface area contributed by atoms with Gasteiger partial charge in [-0.15, -0.1) is 0 Å². The summed E-state index contributed by atoms with van der Waals surface area (Å²) in [4.78, 5) is 11.8. The number of benzene rings is 2. The second-order valence-electron chi connectivity index (χ2n) is 3.90. The van der Waals surface area contributed by atoms with Gasteiger partial charge in [-0.05, 0) is 38.3 Å². The van der Waals surface area contributed by atoms with Gasteiger partial charge >= 0.3 is 0 Å². The summed E-state index contributed by atoms with van der Waals surface area (Å²) in [6, 6.07) is 10.1. The minimum atomic E-state index is 0.198. The van der Waals surface area contributed by atoms with Gasteiger partial charge in [-0.2, -0.15) is 0 Å². The number of hydrogen-bond acceptors (Lipinski definition) is 1. The van der Waals surface area contributed by atoms with E-state index in [0.29, 0.717) is 6.42 Å². The summed E-state index contributed by atoms with van der Waals surface area (Å²) in [7, 11) is 0. The quantitative estimate of drug-likeness (QED) is 0.703. The molecule has 0 unspecified atom stereocenters. The van der Waals surface area contributed by atoms with Gasteiger partial charge in [0.2, 0.25) is 0 Å². The number of carbonyl (C=O) groups is 1. The standard InChI is InChI=1S/C14H9BrO/c15-14-10-5-2-1-4-9(10)8-12-11(14)6-3-7-13(12)16/h1-6,8H,7H2. The molecule has 2 aromatic carbocycles. The van der Waals surface area contributed by atoms with Crippen LogP contribution in [0, 0.1) is 0 Å². The van der Waals surface area contributed by atoms with Gasteiger partial charge in [-0.1, -0.05) is 36.4 Å². The summed E-state index contributed by atoms with van der Waals surface area (Å²) in [5, 5.41) is 2.26. The van der Waals surface area contributed by atoms with Crippen molar-refractivity contribution in [2.75, 3.05) is 0 Å². The molecule has 1 aliphatic rings. The van der Waals surface area contributed by atoms with E-state index >= 15 is 0 Å². The Kier molecular flexibility index (Phi) is 2.18. The van der Waals surface area contributed by atoms with E-state index in [9.17, 15) is 4.79 Å². The van der Waals surface area contributed by atoms with Gasteiger partial charge in [0, 0.05) is 16.5 Å². The summed E-state index contributed by atoms with van der Waals surface area (Å²) >= 11 is 3.59. The maximum Gasteiger partial charge on any atom is 0.167 e. The van der Waals surface area contributed by atoms with Gasteiger partial charge in [-0.25, -0.2) is 0 Å². The molecule has 1 aliphatic carbocycles. The fourth-order valence-electron chi connectivity index (χ4n) is 2.11. The van der Waals surface area contributed by atoms with E-state index in [4.69, 9.17) is 0 Å². The van der Waals surface area contributed by atoms with Crippen LogP contribution in [0.15, 0.2) is 40.9 Å². The molecule has 0 saturated carbocycles. The Morgan fingerprint density at radius 1 is 1.19 bits per heavy atom. The summed E-state index contributed by atoms with van der Waals surface area (Å²) in [5.41, 5.74) is 1.84. The van der Waals surface area contributed by atoms with Crippen molar-refractivity contribution in [3.63, 3.8) is 0 Å². The lowest BCUT2D eigenvalue weighted by atomic mass is 9.93. The number of Topliss-reactive ketones (excluding diaryl/α,β-unsaturated/α-hetero) is 1. The Hall–Kier alpha value is -1.41. The van der Waals surface area contributed by atoms with Crippen LogP contribution in [-0.4, -0.2) is 5.78 Å². The molecular formula is C14H9BrO. The molecule has 0 spiro atoms. The van der Waals surface area contributed by atoms with Crippen LogP contribution in [0.4, 0.5) is 0 Å². The Morgan fingerprint density at radius 2 is 2.00 bits per heavy atom. The van der Waals surface area contributed by atoms with Crippen molar-refractivity contribution in [2.45, 2.75) is 6.42 Å². The lowest BCUT2D eigenvalue weighted by Gasteiger charge is -2.13. The minimum absolute atomic E-state index is 0.198. The first-order chi connectivity index (χ1) is 7.77. The molecule has 78 valence electrons. The normalized spacial score (nSPS) is 14.2. The first-order valence-corrected chi connectivity index (χ1v) is 5.97. The van der Waals surface area contributed by atoms with Crippen LogP contribution in [0.2, 0.25) is 0 Å². The highest BCUT2D eigenvalue weighted by molar-refractivity contribution is 9.10. The first-order valence-electron chi connectivity index (χ1n) is 5.18. The minimum Gasteiger partial charge on any atom is -0.294 e. The first kappa shape index (κ1) is 9.79. The molecule has 2 aromatic rings. The van der Waals surface area contributed by atoms with E-state index < -0.39 is 0 Å². The molecule has 0 aliphatic heterocycles. The zero-order valence-corrected chi connectivity index (χ0v) is 10.1. The number of halogens is 1. The van der Waals surface area contributed by atoms with E-state index in [-0.39, 0.29) is 5.78 Å². The second-order valence-corrected chi connectivity index (χ2v) is 4.70. The molecule has 0 N–H and O–H groups in total. The SMILES string of the molecule is O=C1CC=Cc2c1cc1ccccc1c2Br. The van der Waals surface area contributed by atoms with Gasteiger partial charge in [0.15, 0.2) is 5.78 Å². The predicted octanol–water partition coefficient (Wildman–Crippen LogP) is 4.20. The summed E-state index contributed by atoms with van der Waals surface area (Å²) in [6.45, 7) is 0. The van der Waals surface area contributed by atoms with Gasteiger partial charge in [0.05, 0.1) is 0 Å². The lowest BCUT2D eigenvalue weighted by molar-refractivity contribution is 0.0994. The van der Waals surface area contributed by atoms with Crippen molar-refractivity contribution in [3.8, 4) is 0 Å². The van der Waals surface area contributed by atoms with Crippen LogP contribution in [0.25, 0.3) is 16.8 Å². The van der Waals surface area contributed by atoms with Gasteiger partial charge in [-0.3, -0.25) is 4.79 Å². The Labute approximate surface area is 102 Å². The third kappa shape index (κ3) is 1.34. The fourth-order valence-corrected chi connectivity index (χ4v) is 2.81. The molecule has 3 rings (SSSR count). The van der Waals surface area contributed by atoms with E-state index in [0.717, 1.165) is 26.4 Å². The predicted molar refractivity (Wildman–Crippen MR) is 69.6 cm³/mol. The van der Waals surface area contributed by atoms with E-state index in [2.05, 4.69) is 22.0 Å². The number of fused-ring (bicyclic) bond motifs is 2. The van der Waals surface area contributed by atoms with Crippen LogP contribution in [0.1, 0.15) is 22.3 Å². The molecular weight excluding hydrogens is 264 g/mol. The summed E-state index contributed by atoms with van der Waals surface area (Å²) in [6.07, 6.45) is 4.45. The third-order valence-electron chi connectivity index (χ3n) is 2.91. The van der Waals surface area contributed by atoms with Crippen molar-refractivity contribution in [1.82, 2.24) is 0 Å². The highest BCUT2D eigenvalue weighted by Crippen LogP contribution is 2.34. The van der Waals surface area contributed by atoms with Gasteiger partial charge in [0.25, 0.3) is 0 Å². The smallest absolute Gasteiger partial charge is 0.167 e. The molecule has 0 bridgehead atoms. The molecule has 0 radical (unpaired) electrons. The van der Waals surface area contributed by atoms with Crippen molar-refractivity contribution < 1.29 is 4.79 Å². The van der Waals surface area contributed by atoms with Crippen LogP contribution in [-0.2, 0) is 0 Å². The maximum atomic E-state index is 11.8. The molecule has 2 heteroatoms. The zero-order valence-electron chi connectivity index (χ0n) is 8.53. The molecule has 0 amide bonds. The molecule has 0 fully saturated rings. The molecule has 16 heavy (non-hydrogen) atoms. The van der Waals surface area contributed by atoms with E-state index in [1.807, 2.05) is 36.4 Å². The van der Waals surface area contributed by atoms with Crippen molar-refractivity contribution in [2.24, 2.45) is 0 Å². The Morgan fingerprint density at radius 3 is 2.88 bits per heavy atom. The molecule has 0 atom stereocenters. The van der Waals surface area contributed by atoms with Crippen molar-refractivity contribution in [3.05, 3.63) is 52.0 Å². The molecule has 0 heterocycles. The summed E-state index contributed by atoms with van der Waals surface area (Å²) < 4.78 is 1.02. The van der Waals surface area contributed by atoms with Gasteiger partial charge < -0.3 is 0 Å². The van der Waals surface area contributed by atoms with E-state index in [1.54, 1.807) is 0 Å². The largest absolute Gasteiger partial charge is 0.294 e. The van der Waals surface area contributed by atoms with Crippen LogP contribution in [0.3, 0.4) is 0 Å². The van der Waals surface area contributed by atoms with E-state index in [1.165, 1.54) is 0 Å². The van der Waals surface area contributed by atoms with Crippen LogP contribution < -0.4 is 0 Å². The number of allylic oxidation sites excluding steroid dienone is 1. The Bertz CT molecular complexity index is 626. The number of rotatable bonds is 0.